The summed E-state index contributed by atoms with van der Waals surface area (Å²) >= 11 is 0. The van der Waals surface area contributed by atoms with Crippen LogP contribution in [0.2, 0.25) is 0 Å². The summed E-state index contributed by atoms with van der Waals surface area (Å²) in [5.41, 5.74) is -0.987. The number of carboxylic acid groups (broad SMARTS) is 1. The molecule has 0 bridgehead atoms. The van der Waals surface area contributed by atoms with Crippen molar-refractivity contribution in [1.29, 1.82) is 0 Å². The normalized spacial score (nSPS) is 11.3. The number of H-pyrrole nitrogens is 1. The van der Waals surface area contributed by atoms with Gasteiger partial charge in [0.2, 0.25) is 0 Å². The van der Waals surface area contributed by atoms with Gasteiger partial charge in [0.1, 0.15) is 5.69 Å². The maximum Gasteiger partial charge on any atom is 0.432 e. The summed E-state index contributed by atoms with van der Waals surface area (Å²) in [5.74, 6) is -1.55. The van der Waals surface area contributed by atoms with Gasteiger partial charge in [-0.1, -0.05) is 36.4 Å². The average molecular weight is 447 g/mol. The highest BCUT2D eigenvalue weighted by Gasteiger charge is 2.33. The third kappa shape index (κ3) is 5.65. The summed E-state index contributed by atoms with van der Waals surface area (Å²) in [6, 6.07) is 15.3. The molecule has 0 aliphatic rings. The second-order valence-electron chi connectivity index (χ2n) is 7.06. The molecule has 0 aliphatic carbocycles. The predicted molar refractivity (Wildman–Crippen MR) is 110 cm³/mol. The van der Waals surface area contributed by atoms with E-state index < -0.39 is 29.3 Å². The predicted octanol–water partition coefficient (Wildman–Crippen LogP) is 3.34. The highest BCUT2D eigenvalue weighted by Crippen LogP contribution is 2.26. The topological polar surface area (TPSA) is 95.4 Å². The molecule has 0 saturated heterocycles. The molecule has 10 heteroatoms. The lowest BCUT2D eigenvalue weighted by molar-refractivity contribution is -0.141. The van der Waals surface area contributed by atoms with Crippen molar-refractivity contribution in [3.63, 3.8) is 0 Å². The van der Waals surface area contributed by atoms with Crippen LogP contribution in [0.1, 0.15) is 28.0 Å². The summed E-state index contributed by atoms with van der Waals surface area (Å²) in [5, 5.41) is 11.0. The number of nitrogens with zero attached hydrogens (tertiary/aromatic N) is 2. The molecule has 3 aromatic rings. The van der Waals surface area contributed by atoms with E-state index >= 15 is 0 Å². The molecule has 2 N–H and O–H groups in total. The van der Waals surface area contributed by atoms with E-state index in [9.17, 15) is 27.6 Å². The van der Waals surface area contributed by atoms with Crippen molar-refractivity contribution in [3.05, 3.63) is 87.8 Å². The van der Waals surface area contributed by atoms with Crippen LogP contribution in [0.4, 0.5) is 13.2 Å². The molecule has 0 aliphatic heterocycles. The third-order valence-electron chi connectivity index (χ3n) is 4.77. The van der Waals surface area contributed by atoms with Crippen molar-refractivity contribution in [2.45, 2.75) is 19.0 Å². The average Bonchev–Trinajstić information content (AvgIpc) is 3.16. The van der Waals surface area contributed by atoms with Crippen LogP contribution in [-0.2, 0) is 17.4 Å². The molecule has 0 saturated carbocycles. The summed E-state index contributed by atoms with van der Waals surface area (Å²) in [7, 11) is 0. The van der Waals surface area contributed by atoms with Gasteiger partial charge in [0.15, 0.2) is 0 Å². The monoisotopic (exact) mass is 447 g/mol. The molecular weight excluding hydrogens is 427 g/mol. The molecule has 1 aromatic heterocycles. The Morgan fingerprint density at radius 1 is 1.00 bits per heavy atom. The molecule has 0 fully saturated rings. The van der Waals surface area contributed by atoms with E-state index in [1.54, 1.807) is 0 Å². The molecule has 32 heavy (non-hydrogen) atoms. The maximum absolute atomic E-state index is 13.1. The Hall–Kier alpha value is -3.82. The van der Waals surface area contributed by atoms with E-state index in [0.717, 1.165) is 5.56 Å². The highest BCUT2D eigenvalue weighted by molar-refractivity contribution is 5.95. The van der Waals surface area contributed by atoms with E-state index in [4.69, 9.17) is 5.11 Å². The van der Waals surface area contributed by atoms with Gasteiger partial charge in [0.05, 0.1) is 12.1 Å². The van der Waals surface area contributed by atoms with Gasteiger partial charge in [-0.15, -0.1) is 0 Å². The first kappa shape index (κ1) is 22.9. The first-order valence-corrected chi connectivity index (χ1v) is 9.70. The van der Waals surface area contributed by atoms with Crippen LogP contribution >= 0.6 is 0 Å². The van der Waals surface area contributed by atoms with Gasteiger partial charge in [-0.05, 0) is 30.2 Å². The number of aliphatic carboxylic acids is 1. The Morgan fingerprint density at radius 2 is 1.72 bits per heavy atom. The minimum Gasteiger partial charge on any atom is -0.481 e. The zero-order chi connectivity index (χ0) is 23.3. The van der Waals surface area contributed by atoms with Crippen LogP contribution in [0.5, 0.6) is 0 Å². The van der Waals surface area contributed by atoms with Gasteiger partial charge < -0.3 is 10.0 Å². The minimum absolute atomic E-state index is 0.0358. The Bertz CT molecular complexity index is 1150. The zero-order valence-electron chi connectivity index (χ0n) is 16.8. The number of aromatic amines is 1. The van der Waals surface area contributed by atoms with Crippen molar-refractivity contribution in [3.8, 4) is 5.69 Å². The second kappa shape index (κ2) is 9.54. The first-order valence-electron chi connectivity index (χ1n) is 9.70. The van der Waals surface area contributed by atoms with Crippen molar-refractivity contribution >= 4 is 11.9 Å². The van der Waals surface area contributed by atoms with E-state index in [2.05, 4.69) is 0 Å². The van der Waals surface area contributed by atoms with Crippen molar-refractivity contribution in [1.82, 2.24) is 14.7 Å². The van der Waals surface area contributed by atoms with Crippen LogP contribution in [0, 0.1) is 0 Å². The smallest absolute Gasteiger partial charge is 0.432 e. The number of rotatable bonds is 8. The van der Waals surface area contributed by atoms with Crippen molar-refractivity contribution in [2.75, 3.05) is 13.1 Å². The number of nitrogens with one attached hydrogen (secondary N) is 1. The van der Waals surface area contributed by atoms with E-state index in [1.807, 2.05) is 35.4 Å². The van der Waals surface area contributed by atoms with Gasteiger partial charge >= 0.3 is 12.1 Å². The number of aromatic nitrogens is 2. The Labute approximate surface area is 180 Å². The Morgan fingerprint density at radius 3 is 2.34 bits per heavy atom. The fourth-order valence-electron chi connectivity index (χ4n) is 3.15. The quantitative estimate of drug-likeness (QED) is 0.554. The number of carboxylic acids is 1. The van der Waals surface area contributed by atoms with Crippen LogP contribution in [0.15, 0.2) is 65.5 Å². The minimum atomic E-state index is -4.72. The zero-order valence-corrected chi connectivity index (χ0v) is 16.8. The van der Waals surface area contributed by atoms with Crippen LogP contribution in [-0.4, -0.2) is 44.8 Å². The lowest BCUT2D eigenvalue weighted by Crippen LogP contribution is -2.35. The molecule has 3 rings (SSSR count). The van der Waals surface area contributed by atoms with Crippen LogP contribution in [0.3, 0.4) is 0 Å². The fraction of sp³-hybridized carbons (Fsp3) is 0.227. The standard InChI is InChI=1S/C22H20F3N3O4/c23-22(24,25)18-14-19(29)28(26-18)17-8-4-7-16(13-17)21(32)27(12-10-20(30)31)11-9-15-5-2-1-3-6-15/h1-8,13-14,26H,9-12H2,(H,30,31). The molecule has 1 amide bonds. The van der Waals surface area contributed by atoms with Crippen molar-refractivity contribution in [2.24, 2.45) is 0 Å². The summed E-state index contributed by atoms with van der Waals surface area (Å²) < 4.78 is 39.4. The number of hydrogen-bond donors (Lipinski definition) is 2. The molecule has 2 aromatic carbocycles. The number of carbonyl (C=O) groups excluding carboxylic acids is 1. The Balaban J connectivity index is 1.85. The second-order valence-corrected chi connectivity index (χ2v) is 7.06. The SMILES string of the molecule is O=C(O)CCN(CCc1ccccc1)C(=O)c1cccc(-n2[nH]c(C(F)(F)F)cc2=O)c1. The molecule has 1 heterocycles. The number of benzene rings is 2. The molecule has 0 atom stereocenters. The summed E-state index contributed by atoms with van der Waals surface area (Å²) in [6.07, 6.45) is -4.48. The lowest BCUT2D eigenvalue weighted by Gasteiger charge is -2.22. The van der Waals surface area contributed by atoms with Gasteiger partial charge in [0, 0.05) is 24.7 Å². The van der Waals surface area contributed by atoms with E-state index in [0.29, 0.717) is 17.2 Å². The maximum atomic E-state index is 13.1. The van der Waals surface area contributed by atoms with Gasteiger partial charge in [-0.3, -0.25) is 19.5 Å². The van der Waals surface area contributed by atoms with Gasteiger partial charge in [-0.2, -0.15) is 13.2 Å². The molecule has 168 valence electrons. The van der Waals surface area contributed by atoms with Crippen molar-refractivity contribution < 1.29 is 27.9 Å². The van der Waals surface area contributed by atoms with Gasteiger partial charge in [-0.25, -0.2) is 4.68 Å². The summed E-state index contributed by atoms with van der Waals surface area (Å²) in [6.45, 7) is 0.215. The number of amides is 1. The number of carbonyl (C=O) groups is 2. The summed E-state index contributed by atoms with van der Waals surface area (Å²) in [4.78, 5) is 37.5. The Kier molecular flexibility index (Phi) is 6.82. The fourth-order valence-corrected chi connectivity index (χ4v) is 3.15. The van der Waals surface area contributed by atoms with Crippen LogP contribution in [0.25, 0.3) is 5.69 Å². The largest absolute Gasteiger partial charge is 0.481 e. The molecule has 0 spiro atoms. The molecule has 0 unspecified atom stereocenters. The van der Waals surface area contributed by atoms with E-state index in [1.165, 1.54) is 29.2 Å². The number of halogens is 3. The third-order valence-corrected chi connectivity index (χ3v) is 4.77. The molecular formula is C22H20F3N3O4. The van der Waals surface area contributed by atoms with Gasteiger partial charge in [0.25, 0.3) is 11.5 Å². The lowest BCUT2D eigenvalue weighted by atomic mass is 10.1. The molecule has 7 nitrogen and oxygen atoms in total. The molecule has 0 radical (unpaired) electrons. The van der Waals surface area contributed by atoms with Crippen LogP contribution < -0.4 is 5.56 Å². The number of hydrogen-bond acceptors (Lipinski definition) is 3. The first-order chi connectivity index (χ1) is 15.1. The highest BCUT2D eigenvalue weighted by atomic mass is 19.4. The van der Waals surface area contributed by atoms with E-state index in [-0.39, 0.29) is 30.8 Å². The number of alkyl halides is 3.